The minimum atomic E-state index is -0.188. The van der Waals surface area contributed by atoms with Crippen LogP contribution in [0.3, 0.4) is 0 Å². The molecule has 4 rings (SSSR count). The highest BCUT2D eigenvalue weighted by atomic mass is 32.1. The van der Waals surface area contributed by atoms with Crippen LogP contribution in [0.4, 0.5) is 0 Å². The van der Waals surface area contributed by atoms with Crippen LogP contribution in [0, 0.1) is 5.92 Å². The normalized spacial score (nSPS) is 17.5. The SMILES string of the molecule is CC1CCc2c(sc3ncn(CC(=O)NC(C)c4ccccc4)c(=O)c23)C1. The minimum Gasteiger partial charge on any atom is -0.348 e. The summed E-state index contributed by atoms with van der Waals surface area (Å²) in [5.74, 6) is 0.463. The second-order valence-electron chi connectivity index (χ2n) is 7.41. The van der Waals surface area contributed by atoms with Crippen LogP contribution < -0.4 is 10.9 Å². The Morgan fingerprint density at radius 1 is 1.37 bits per heavy atom. The van der Waals surface area contributed by atoms with Crippen molar-refractivity contribution >= 4 is 27.5 Å². The number of rotatable bonds is 4. The highest BCUT2D eigenvalue weighted by molar-refractivity contribution is 7.18. The minimum absolute atomic E-state index is 0.0139. The van der Waals surface area contributed by atoms with Crippen molar-refractivity contribution in [3.05, 3.63) is 63.0 Å². The van der Waals surface area contributed by atoms with Crippen LogP contribution in [0.1, 0.15) is 42.3 Å². The summed E-state index contributed by atoms with van der Waals surface area (Å²) in [6.45, 7) is 4.17. The molecule has 2 unspecified atom stereocenters. The van der Waals surface area contributed by atoms with Crippen LogP contribution in [0.15, 0.2) is 41.5 Å². The highest BCUT2D eigenvalue weighted by Crippen LogP contribution is 2.35. The maximum absolute atomic E-state index is 13.0. The average Bonchev–Trinajstić information content (AvgIpc) is 3.02. The summed E-state index contributed by atoms with van der Waals surface area (Å²) in [5.41, 5.74) is 2.08. The molecule has 3 aromatic rings. The Hall–Kier alpha value is -2.47. The van der Waals surface area contributed by atoms with Crippen molar-refractivity contribution in [3.8, 4) is 0 Å². The van der Waals surface area contributed by atoms with Gasteiger partial charge in [-0.1, -0.05) is 37.3 Å². The number of nitrogens with one attached hydrogen (secondary N) is 1. The molecule has 1 N–H and O–H groups in total. The van der Waals surface area contributed by atoms with Gasteiger partial charge >= 0.3 is 0 Å². The molecule has 1 aromatic carbocycles. The Morgan fingerprint density at radius 3 is 2.93 bits per heavy atom. The molecule has 5 nitrogen and oxygen atoms in total. The van der Waals surface area contributed by atoms with Gasteiger partial charge in [0.2, 0.25) is 5.91 Å². The van der Waals surface area contributed by atoms with Crippen molar-refractivity contribution in [2.24, 2.45) is 5.92 Å². The van der Waals surface area contributed by atoms with Gasteiger partial charge in [0.1, 0.15) is 11.4 Å². The Labute approximate surface area is 162 Å². The van der Waals surface area contributed by atoms with Crippen molar-refractivity contribution in [2.45, 2.75) is 45.7 Å². The zero-order valence-electron chi connectivity index (χ0n) is 15.6. The van der Waals surface area contributed by atoms with Crippen molar-refractivity contribution in [1.29, 1.82) is 0 Å². The van der Waals surface area contributed by atoms with Gasteiger partial charge in [-0.15, -0.1) is 11.3 Å². The summed E-state index contributed by atoms with van der Waals surface area (Å²) in [6.07, 6.45) is 4.55. The van der Waals surface area contributed by atoms with Gasteiger partial charge in [-0.25, -0.2) is 4.98 Å². The Balaban J connectivity index is 1.56. The van der Waals surface area contributed by atoms with E-state index in [2.05, 4.69) is 17.2 Å². The molecule has 0 bridgehead atoms. The maximum Gasteiger partial charge on any atom is 0.262 e. The van der Waals surface area contributed by atoms with E-state index in [1.807, 2.05) is 37.3 Å². The molecule has 0 aliphatic heterocycles. The second kappa shape index (κ2) is 7.27. The first-order valence-electron chi connectivity index (χ1n) is 9.37. The number of thiophene rings is 1. The van der Waals surface area contributed by atoms with Gasteiger partial charge in [-0.2, -0.15) is 0 Å². The maximum atomic E-state index is 13.0. The number of hydrogen-bond donors (Lipinski definition) is 1. The van der Waals surface area contributed by atoms with Crippen LogP contribution >= 0.6 is 11.3 Å². The van der Waals surface area contributed by atoms with Gasteiger partial charge < -0.3 is 5.32 Å². The van der Waals surface area contributed by atoms with Gasteiger partial charge in [-0.05, 0) is 43.2 Å². The second-order valence-corrected chi connectivity index (χ2v) is 8.49. The molecule has 2 atom stereocenters. The number of nitrogens with zero attached hydrogens (tertiary/aromatic N) is 2. The Kier molecular flexibility index (Phi) is 4.83. The summed E-state index contributed by atoms with van der Waals surface area (Å²) < 4.78 is 1.43. The molecule has 0 saturated carbocycles. The van der Waals surface area contributed by atoms with Gasteiger partial charge in [0.15, 0.2) is 0 Å². The first-order valence-corrected chi connectivity index (χ1v) is 10.2. The smallest absolute Gasteiger partial charge is 0.262 e. The molecule has 1 amide bonds. The number of carbonyl (C=O) groups excluding carboxylic acids is 1. The molecule has 1 aliphatic rings. The van der Waals surface area contributed by atoms with Crippen molar-refractivity contribution in [2.75, 3.05) is 0 Å². The Bertz CT molecular complexity index is 1040. The number of benzene rings is 1. The summed E-state index contributed by atoms with van der Waals surface area (Å²) in [6, 6.07) is 9.68. The molecule has 2 aromatic heterocycles. The lowest BCUT2D eigenvalue weighted by Crippen LogP contribution is -2.34. The molecule has 27 heavy (non-hydrogen) atoms. The zero-order valence-corrected chi connectivity index (χ0v) is 16.4. The third-order valence-corrected chi connectivity index (χ3v) is 6.44. The molecular formula is C21H23N3O2S. The lowest BCUT2D eigenvalue weighted by atomic mass is 9.89. The number of aryl methyl sites for hydroxylation is 1. The first kappa shape index (κ1) is 17.9. The fourth-order valence-electron chi connectivity index (χ4n) is 3.75. The molecule has 6 heteroatoms. The molecule has 0 spiro atoms. The number of carbonyl (C=O) groups is 1. The van der Waals surface area contributed by atoms with Crippen molar-refractivity contribution < 1.29 is 4.79 Å². The number of hydrogen-bond acceptors (Lipinski definition) is 4. The lowest BCUT2D eigenvalue weighted by molar-refractivity contribution is -0.122. The van der Waals surface area contributed by atoms with E-state index in [9.17, 15) is 9.59 Å². The van der Waals surface area contributed by atoms with E-state index in [0.29, 0.717) is 11.3 Å². The predicted molar refractivity (Wildman–Crippen MR) is 108 cm³/mol. The molecule has 2 heterocycles. The monoisotopic (exact) mass is 381 g/mol. The fraction of sp³-hybridized carbons (Fsp3) is 0.381. The molecular weight excluding hydrogens is 358 g/mol. The summed E-state index contributed by atoms with van der Waals surface area (Å²) in [5, 5.41) is 3.67. The third-order valence-electron chi connectivity index (χ3n) is 5.27. The molecule has 0 saturated heterocycles. The lowest BCUT2D eigenvalue weighted by Gasteiger charge is -2.17. The zero-order chi connectivity index (χ0) is 19.0. The van der Waals surface area contributed by atoms with E-state index in [-0.39, 0.29) is 24.1 Å². The predicted octanol–water partition coefficient (Wildman–Crippen LogP) is 3.46. The molecule has 0 fully saturated rings. The fourth-order valence-corrected chi connectivity index (χ4v) is 5.09. The topological polar surface area (TPSA) is 64.0 Å². The molecule has 140 valence electrons. The highest BCUT2D eigenvalue weighted by Gasteiger charge is 2.23. The average molecular weight is 382 g/mol. The first-order chi connectivity index (χ1) is 13.0. The largest absolute Gasteiger partial charge is 0.348 e. The van der Waals surface area contributed by atoms with E-state index in [1.54, 1.807) is 11.3 Å². The Morgan fingerprint density at radius 2 is 2.15 bits per heavy atom. The number of amides is 1. The van der Waals surface area contributed by atoms with E-state index in [4.69, 9.17) is 0 Å². The van der Waals surface area contributed by atoms with E-state index in [0.717, 1.165) is 35.2 Å². The third kappa shape index (κ3) is 3.54. The summed E-state index contributed by atoms with van der Waals surface area (Å²) in [4.78, 5) is 32.0. The number of aromatic nitrogens is 2. The van der Waals surface area contributed by atoms with Crippen LogP contribution in [-0.2, 0) is 24.2 Å². The van der Waals surface area contributed by atoms with Crippen LogP contribution in [0.5, 0.6) is 0 Å². The van der Waals surface area contributed by atoms with E-state index < -0.39 is 0 Å². The number of fused-ring (bicyclic) bond motifs is 3. The molecule has 0 radical (unpaired) electrons. The van der Waals surface area contributed by atoms with Crippen LogP contribution in [-0.4, -0.2) is 15.5 Å². The summed E-state index contributed by atoms with van der Waals surface area (Å²) >= 11 is 1.63. The van der Waals surface area contributed by atoms with Gasteiger partial charge in [-0.3, -0.25) is 14.2 Å². The van der Waals surface area contributed by atoms with Crippen LogP contribution in [0.2, 0.25) is 0 Å². The molecule has 1 aliphatic carbocycles. The quantitative estimate of drug-likeness (QED) is 0.753. The van der Waals surface area contributed by atoms with Gasteiger partial charge in [0.25, 0.3) is 5.56 Å². The van der Waals surface area contributed by atoms with Gasteiger partial charge in [0, 0.05) is 4.88 Å². The van der Waals surface area contributed by atoms with E-state index in [1.165, 1.54) is 15.8 Å². The summed E-state index contributed by atoms with van der Waals surface area (Å²) in [7, 11) is 0. The standard InChI is InChI=1S/C21H23N3O2S/c1-13-8-9-16-17(10-13)27-20-19(16)21(26)24(12-22-20)11-18(25)23-14(2)15-6-4-3-5-7-15/h3-7,12-14H,8-11H2,1-2H3,(H,23,25). The van der Waals surface area contributed by atoms with Crippen molar-refractivity contribution in [3.63, 3.8) is 0 Å². The van der Waals surface area contributed by atoms with Crippen LogP contribution in [0.25, 0.3) is 10.2 Å². The van der Waals surface area contributed by atoms with E-state index >= 15 is 0 Å². The van der Waals surface area contributed by atoms with Gasteiger partial charge in [0.05, 0.1) is 17.8 Å². The van der Waals surface area contributed by atoms with Crippen molar-refractivity contribution in [1.82, 2.24) is 14.9 Å².